The molecule has 8 nitrogen and oxygen atoms in total. The lowest BCUT2D eigenvalue weighted by atomic mass is 9.95. The smallest absolute Gasteiger partial charge is 0.410 e. The van der Waals surface area contributed by atoms with Crippen LogP contribution in [0.4, 0.5) is 10.6 Å². The predicted molar refractivity (Wildman–Crippen MR) is 124 cm³/mol. The van der Waals surface area contributed by atoms with Crippen molar-refractivity contribution in [3.63, 3.8) is 0 Å². The van der Waals surface area contributed by atoms with E-state index in [0.717, 1.165) is 43.0 Å². The molecule has 2 amide bonds. The molecule has 0 bridgehead atoms. The largest absolute Gasteiger partial charge is 0.444 e. The van der Waals surface area contributed by atoms with Crippen LogP contribution in [0, 0.1) is 0 Å². The quantitative estimate of drug-likeness (QED) is 0.754. The van der Waals surface area contributed by atoms with E-state index < -0.39 is 5.60 Å². The lowest BCUT2D eigenvalue weighted by Crippen LogP contribution is -2.41. The first-order chi connectivity index (χ1) is 15.3. The lowest BCUT2D eigenvalue weighted by Gasteiger charge is -2.33. The number of aromatic nitrogens is 2. The Hall–Kier alpha value is -2.68. The van der Waals surface area contributed by atoms with Crippen molar-refractivity contribution in [3.05, 3.63) is 40.2 Å². The molecule has 0 spiro atoms. The molecule has 1 atom stereocenters. The van der Waals surface area contributed by atoms with E-state index in [9.17, 15) is 9.59 Å². The van der Waals surface area contributed by atoms with Crippen molar-refractivity contribution in [2.24, 2.45) is 0 Å². The number of ether oxygens (including phenoxy) is 1. The van der Waals surface area contributed by atoms with Crippen LogP contribution < -0.4 is 10.2 Å². The molecule has 2 fully saturated rings. The van der Waals surface area contributed by atoms with E-state index in [1.54, 1.807) is 22.4 Å². The van der Waals surface area contributed by atoms with E-state index in [1.807, 2.05) is 39.0 Å². The molecule has 172 valence electrons. The zero-order chi connectivity index (χ0) is 22.7. The molecule has 0 unspecified atom stereocenters. The Morgan fingerprint density at radius 3 is 2.59 bits per heavy atom. The molecule has 2 aromatic heterocycles. The molecule has 0 aliphatic carbocycles. The predicted octanol–water partition coefficient (Wildman–Crippen LogP) is 3.66. The van der Waals surface area contributed by atoms with Crippen molar-refractivity contribution in [1.82, 2.24) is 20.4 Å². The van der Waals surface area contributed by atoms with Crippen LogP contribution in [0.1, 0.15) is 60.5 Å². The van der Waals surface area contributed by atoms with E-state index in [4.69, 9.17) is 4.74 Å². The molecular formula is C23H31N5O3S. The van der Waals surface area contributed by atoms with Crippen LogP contribution in [-0.4, -0.2) is 64.9 Å². The topological polar surface area (TPSA) is 87.7 Å². The normalized spacial score (nSPS) is 19.8. The Balaban J connectivity index is 1.27. The average Bonchev–Trinajstić information content (AvgIpc) is 3.43. The standard InChI is InChI=1S/C23H31N5O3S/c1-23(2,3)31-22(30)27-12-8-16(9-13-27)18-6-7-19(32-18)21(29)25-17-10-14-28(15-17)20-5-4-11-24-26-20/h4-7,11,16-17H,8-10,12-15H2,1-3H3,(H,25,29)/t17-/m0/s1. The van der Waals surface area contributed by atoms with Crippen molar-refractivity contribution < 1.29 is 14.3 Å². The number of nitrogens with zero attached hydrogens (tertiary/aromatic N) is 4. The van der Waals surface area contributed by atoms with Gasteiger partial charge in [-0.2, -0.15) is 5.10 Å². The molecular weight excluding hydrogens is 426 g/mol. The fraction of sp³-hybridized carbons (Fsp3) is 0.565. The number of hydrogen-bond donors (Lipinski definition) is 1. The second-order valence-electron chi connectivity index (χ2n) is 9.43. The van der Waals surface area contributed by atoms with Gasteiger partial charge < -0.3 is 19.9 Å². The lowest BCUT2D eigenvalue weighted by molar-refractivity contribution is 0.0205. The molecule has 32 heavy (non-hydrogen) atoms. The Morgan fingerprint density at radius 1 is 1.12 bits per heavy atom. The zero-order valence-corrected chi connectivity index (χ0v) is 19.7. The first-order valence-corrected chi connectivity index (χ1v) is 12.0. The van der Waals surface area contributed by atoms with Gasteiger partial charge >= 0.3 is 6.09 Å². The zero-order valence-electron chi connectivity index (χ0n) is 18.9. The molecule has 4 rings (SSSR count). The van der Waals surface area contributed by atoms with Gasteiger partial charge in [0, 0.05) is 43.3 Å². The van der Waals surface area contributed by atoms with Gasteiger partial charge in [0.25, 0.3) is 5.91 Å². The van der Waals surface area contributed by atoms with E-state index in [2.05, 4.69) is 26.5 Å². The highest BCUT2D eigenvalue weighted by Gasteiger charge is 2.29. The number of piperidine rings is 1. The number of carbonyl (C=O) groups is 2. The second-order valence-corrected chi connectivity index (χ2v) is 10.5. The first-order valence-electron chi connectivity index (χ1n) is 11.2. The summed E-state index contributed by atoms with van der Waals surface area (Å²) in [5.41, 5.74) is -0.477. The highest BCUT2D eigenvalue weighted by molar-refractivity contribution is 7.14. The van der Waals surface area contributed by atoms with Crippen molar-refractivity contribution in [2.75, 3.05) is 31.1 Å². The summed E-state index contributed by atoms with van der Waals surface area (Å²) in [5, 5.41) is 11.3. The number of nitrogens with one attached hydrogen (secondary N) is 1. The van der Waals surface area contributed by atoms with Gasteiger partial charge in [0.1, 0.15) is 5.60 Å². The number of rotatable bonds is 4. The number of anilines is 1. The summed E-state index contributed by atoms with van der Waals surface area (Å²) in [6.45, 7) is 8.61. The van der Waals surface area contributed by atoms with E-state index in [-0.39, 0.29) is 18.0 Å². The summed E-state index contributed by atoms with van der Waals surface area (Å²) in [5.74, 6) is 1.21. The Bertz CT molecular complexity index is 935. The fourth-order valence-corrected chi connectivity index (χ4v) is 5.25. The number of likely N-dealkylation sites (tertiary alicyclic amines) is 1. The van der Waals surface area contributed by atoms with E-state index in [0.29, 0.717) is 19.0 Å². The van der Waals surface area contributed by atoms with Gasteiger partial charge in [0.2, 0.25) is 0 Å². The molecule has 0 aromatic carbocycles. The van der Waals surface area contributed by atoms with Crippen molar-refractivity contribution in [2.45, 2.75) is 57.6 Å². The van der Waals surface area contributed by atoms with Crippen LogP contribution >= 0.6 is 11.3 Å². The van der Waals surface area contributed by atoms with Gasteiger partial charge in [-0.05, 0) is 70.2 Å². The number of thiophene rings is 1. The van der Waals surface area contributed by atoms with Crippen LogP contribution in [0.2, 0.25) is 0 Å². The minimum atomic E-state index is -0.477. The van der Waals surface area contributed by atoms with Crippen LogP contribution in [0.25, 0.3) is 0 Å². The fourth-order valence-electron chi connectivity index (χ4n) is 4.17. The van der Waals surface area contributed by atoms with Crippen LogP contribution in [-0.2, 0) is 4.74 Å². The van der Waals surface area contributed by atoms with Gasteiger partial charge in [-0.1, -0.05) is 0 Å². The number of hydrogen-bond acceptors (Lipinski definition) is 7. The Kier molecular flexibility index (Phi) is 6.64. The summed E-state index contributed by atoms with van der Waals surface area (Å²) in [6, 6.07) is 7.90. The molecule has 1 N–H and O–H groups in total. The molecule has 2 aliphatic rings. The SMILES string of the molecule is CC(C)(C)OC(=O)N1CCC(c2ccc(C(=O)N[C@H]3CCN(c4cccnn4)C3)s2)CC1. The molecule has 2 aromatic rings. The van der Waals surface area contributed by atoms with Crippen LogP contribution in [0.5, 0.6) is 0 Å². The average molecular weight is 458 g/mol. The summed E-state index contributed by atoms with van der Waals surface area (Å²) < 4.78 is 5.48. The maximum Gasteiger partial charge on any atom is 0.410 e. The first kappa shape index (κ1) is 22.5. The van der Waals surface area contributed by atoms with Gasteiger partial charge in [0.15, 0.2) is 5.82 Å². The van der Waals surface area contributed by atoms with Gasteiger partial charge in [-0.15, -0.1) is 16.4 Å². The van der Waals surface area contributed by atoms with Crippen molar-refractivity contribution in [1.29, 1.82) is 0 Å². The number of carbonyl (C=O) groups excluding carboxylic acids is 2. The van der Waals surface area contributed by atoms with Gasteiger partial charge in [-0.3, -0.25) is 4.79 Å². The highest BCUT2D eigenvalue weighted by Crippen LogP contribution is 2.33. The summed E-state index contributed by atoms with van der Waals surface area (Å²) >= 11 is 1.57. The minimum absolute atomic E-state index is 0.0153. The van der Waals surface area contributed by atoms with Gasteiger partial charge in [0.05, 0.1) is 4.88 Å². The summed E-state index contributed by atoms with van der Waals surface area (Å²) in [6.07, 6.45) is 4.08. The Morgan fingerprint density at radius 2 is 1.91 bits per heavy atom. The van der Waals surface area contributed by atoms with Crippen molar-refractivity contribution >= 4 is 29.2 Å². The molecule has 0 radical (unpaired) electrons. The monoisotopic (exact) mass is 457 g/mol. The number of amides is 2. The third-order valence-corrected chi connectivity index (χ3v) is 7.05. The Labute approximate surface area is 193 Å². The van der Waals surface area contributed by atoms with Gasteiger partial charge in [-0.25, -0.2) is 4.79 Å². The summed E-state index contributed by atoms with van der Waals surface area (Å²) in [7, 11) is 0. The molecule has 0 saturated carbocycles. The maximum atomic E-state index is 12.8. The van der Waals surface area contributed by atoms with E-state index in [1.165, 1.54) is 4.88 Å². The third kappa shape index (κ3) is 5.56. The summed E-state index contributed by atoms with van der Waals surface area (Å²) in [4.78, 5) is 31.0. The minimum Gasteiger partial charge on any atom is -0.444 e. The second kappa shape index (κ2) is 9.44. The third-order valence-electron chi connectivity index (χ3n) is 5.81. The molecule has 2 saturated heterocycles. The van der Waals surface area contributed by atoms with Crippen LogP contribution in [0.15, 0.2) is 30.5 Å². The highest BCUT2D eigenvalue weighted by atomic mass is 32.1. The molecule has 2 aliphatic heterocycles. The van der Waals surface area contributed by atoms with Crippen LogP contribution in [0.3, 0.4) is 0 Å². The maximum absolute atomic E-state index is 12.8. The molecule has 9 heteroatoms. The van der Waals surface area contributed by atoms with E-state index >= 15 is 0 Å². The van der Waals surface area contributed by atoms with Crippen molar-refractivity contribution in [3.8, 4) is 0 Å². The molecule has 4 heterocycles.